The second kappa shape index (κ2) is 8.55. The number of aromatic nitrogens is 1. The first-order valence-electron chi connectivity index (χ1n) is 9.88. The number of amides is 1. The van der Waals surface area contributed by atoms with E-state index in [1.807, 2.05) is 60.1 Å². The molecule has 0 unspecified atom stereocenters. The Morgan fingerprint density at radius 3 is 2.13 bits per heavy atom. The van der Waals surface area contributed by atoms with E-state index in [0.29, 0.717) is 22.3 Å². The number of hydrogen-bond acceptors (Lipinski definition) is 1. The predicted molar refractivity (Wildman–Crippen MR) is 125 cm³/mol. The van der Waals surface area contributed by atoms with Gasteiger partial charge in [0.05, 0.1) is 0 Å². The van der Waals surface area contributed by atoms with Gasteiger partial charge in [-0.3, -0.25) is 4.79 Å². The van der Waals surface area contributed by atoms with Gasteiger partial charge >= 0.3 is 0 Å². The lowest BCUT2D eigenvalue weighted by Gasteiger charge is -2.10. The molecule has 1 heterocycles. The van der Waals surface area contributed by atoms with Crippen molar-refractivity contribution in [2.45, 2.75) is 19.9 Å². The molecule has 0 spiro atoms. The Hall–Kier alpha value is -2.75. The first-order valence-corrected chi connectivity index (χ1v) is 10.6. The molecular formula is C25H22Cl2N2O. The van der Waals surface area contributed by atoms with E-state index in [-0.39, 0.29) is 5.91 Å². The Bertz CT molecular complexity index is 1210. The van der Waals surface area contributed by atoms with Crippen LogP contribution in [0.25, 0.3) is 22.0 Å². The fourth-order valence-electron chi connectivity index (χ4n) is 3.75. The second-order valence-corrected chi connectivity index (χ2v) is 8.18. The van der Waals surface area contributed by atoms with Gasteiger partial charge in [-0.25, -0.2) is 0 Å². The number of nitrogens with zero attached hydrogens (tertiary/aromatic N) is 1. The molecule has 30 heavy (non-hydrogen) atoms. The number of aryl methyl sites for hydroxylation is 2. The first kappa shape index (κ1) is 20.5. The van der Waals surface area contributed by atoms with E-state index in [1.54, 1.807) is 0 Å². The van der Waals surface area contributed by atoms with Crippen LogP contribution in [0.4, 0.5) is 0 Å². The van der Waals surface area contributed by atoms with Gasteiger partial charge in [0.2, 0.25) is 0 Å². The molecule has 1 N–H and O–H groups in total. The molecule has 5 heteroatoms. The SMILES string of the molecule is CCc1ccc2c(c1)c(-c1ccc(Cl)cc1)c(C(=O)NCc1ccc(Cl)cc1)n2C. The van der Waals surface area contributed by atoms with Crippen LogP contribution in [0, 0.1) is 0 Å². The van der Waals surface area contributed by atoms with Crippen LogP contribution in [0.3, 0.4) is 0 Å². The van der Waals surface area contributed by atoms with E-state index in [4.69, 9.17) is 23.2 Å². The molecule has 4 aromatic rings. The normalized spacial score (nSPS) is 11.1. The van der Waals surface area contributed by atoms with Gasteiger partial charge in [-0.2, -0.15) is 0 Å². The molecule has 0 aliphatic heterocycles. The molecule has 0 saturated carbocycles. The van der Waals surface area contributed by atoms with Crippen molar-refractivity contribution in [2.75, 3.05) is 0 Å². The van der Waals surface area contributed by atoms with Crippen LogP contribution < -0.4 is 5.32 Å². The highest BCUT2D eigenvalue weighted by molar-refractivity contribution is 6.31. The van der Waals surface area contributed by atoms with Gasteiger partial charge in [-0.05, 0) is 59.5 Å². The molecule has 152 valence electrons. The molecule has 0 radical (unpaired) electrons. The molecule has 4 rings (SSSR count). The molecule has 0 aliphatic carbocycles. The second-order valence-electron chi connectivity index (χ2n) is 7.30. The topological polar surface area (TPSA) is 34.0 Å². The van der Waals surface area contributed by atoms with Crippen LogP contribution in [0.2, 0.25) is 10.0 Å². The summed E-state index contributed by atoms with van der Waals surface area (Å²) in [6.07, 6.45) is 0.934. The minimum Gasteiger partial charge on any atom is -0.347 e. The summed E-state index contributed by atoms with van der Waals surface area (Å²) < 4.78 is 1.97. The smallest absolute Gasteiger partial charge is 0.268 e. The highest BCUT2D eigenvalue weighted by atomic mass is 35.5. The Balaban J connectivity index is 1.80. The third kappa shape index (κ3) is 3.96. The fraction of sp³-hybridized carbons (Fsp3) is 0.160. The Labute approximate surface area is 186 Å². The molecule has 3 nitrogen and oxygen atoms in total. The highest BCUT2D eigenvalue weighted by Crippen LogP contribution is 2.36. The average Bonchev–Trinajstić information content (AvgIpc) is 3.05. The van der Waals surface area contributed by atoms with Crippen molar-refractivity contribution in [2.24, 2.45) is 7.05 Å². The van der Waals surface area contributed by atoms with Crippen molar-refractivity contribution in [1.29, 1.82) is 0 Å². The lowest BCUT2D eigenvalue weighted by atomic mass is 9.99. The maximum atomic E-state index is 13.3. The first-order chi connectivity index (χ1) is 14.5. The molecule has 0 atom stereocenters. The van der Waals surface area contributed by atoms with Gasteiger partial charge in [0.15, 0.2) is 0 Å². The van der Waals surface area contributed by atoms with Crippen LogP contribution in [0.5, 0.6) is 0 Å². The summed E-state index contributed by atoms with van der Waals surface area (Å²) in [5.41, 5.74) is 5.77. The van der Waals surface area contributed by atoms with Crippen molar-refractivity contribution < 1.29 is 4.79 Å². The number of fused-ring (bicyclic) bond motifs is 1. The molecule has 0 bridgehead atoms. The summed E-state index contributed by atoms with van der Waals surface area (Å²) in [7, 11) is 1.94. The van der Waals surface area contributed by atoms with E-state index < -0.39 is 0 Å². The standard InChI is InChI=1S/C25H22Cl2N2O/c1-3-16-6-13-22-21(14-16)23(18-7-11-20(27)12-8-18)24(29(22)2)25(30)28-15-17-4-9-19(26)10-5-17/h4-14H,3,15H2,1-2H3,(H,28,30). The predicted octanol–water partition coefficient (Wildman–Crippen LogP) is 6.64. The van der Waals surface area contributed by atoms with Crippen LogP contribution in [0.1, 0.15) is 28.5 Å². The van der Waals surface area contributed by atoms with Crippen LogP contribution in [-0.2, 0) is 20.0 Å². The van der Waals surface area contributed by atoms with E-state index in [2.05, 4.69) is 30.4 Å². The number of halogens is 2. The third-order valence-corrected chi connectivity index (χ3v) is 5.89. The number of hydrogen-bond donors (Lipinski definition) is 1. The fourth-order valence-corrected chi connectivity index (χ4v) is 4.01. The van der Waals surface area contributed by atoms with Crippen molar-refractivity contribution in [3.05, 3.63) is 93.6 Å². The van der Waals surface area contributed by atoms with Gasteiger partial charge in [0, 0.05) is 40.1 Å². The summed E-state index contributed by atoms with van der Waals surface area (Å²) in [6.45, 7) is 2.56. The van der Waals surface area contributed by atoms with Gasteiger partial charge in [0.1, 0.15) is 5.69 Å². The molecular weight excluding hydrogens is 415 g/mol. The number of rotatable bonds is 5. The van der Waals surface area contributed by atoms with Crippen LogP contribution in [-0.4, -0.2) is 10.5 Å². The van der Waals surface area contributed by atoms with Crippen LogP contribution >= 0.6 is 23.2 Å². The zero-order valence-corrected chi connectivity index (χ0v) is 18.4. The Morgan fingerprint density at radius 1 is 0.900 bits per heavy atom. The van der Waals surface area contributed by atoms with E-state index in [9.17, 15) is 4.79 Å². The molecule has 1 aromatic heterocycles. The molecule has 0 fully saturated rings. The van der Waals surface area contributed by atoms with Gasteiger partial charge in [-0.15, -0.1) is 0 Å². The number of carbonyl (C=O) groups excluding carboxylic acids is 1. The molecule has 0 aliphatic rings. The number of benzene rings is 3. The Morgan fingerprint density at radius 2 is 1.50 bits per heavy atom. The third-order valence-electron chi connectivity index (χ3n) is 5.39. The summed E-state index contributed by atoms with van der Waals surface area (Å²) in [5, 5.41) is 5.47. The lowest BCUT2D eigenvalue weighted by Crippen LogP contribution is -2.25. The van der Waals surface area contributed by atoms with Crippen molar-refractivity contribution in [1.82, 2.24) is 9.88 Å². The summed E-state index contributed by atoms with van der Waals surface area (Å²) in [5.74, 6) is -0.119. The zero-order chi connectivity index (χ0) is 21.3. The van der Waals surface area contributed by atoms with Crippen molar-refractivity contribution in [3.8, 4) is 11.1 Å². The summed E-state index contributed by atoms with van der Waals surface area (Å²) in [4.78, 5) is 13.3. The van der Waals surface area contributed by atoms with Gasteiger partial charge in [-0.1, -0.05) is 60.5 Å². The summed E-state index contributed by atoms with van der Waals surface area (Å²) in [6, 6.07) is 21.5. The number of carbonyl (C=O) groups is 1. The molecule has 0 saturated heterocycles. The van der Waals surface area contributed by atoms with Gasteiger partial charge < -0.3 is 9.88 Å². The maximum Gasteiger partial charge on any atom is 0.268 e. The minimum absolute atomic E-state index is 0.119. The van der Waals surface area contributed by atoms with Crippen molar-refractivity contribution in [3.63, 3.8) is 0 Å². The summed E-state index contributed by atoms with van der Waals surface area (Å²) >= 11 is 12.1. The molecule has 3 aromatic carbocycles. The van der Waals surface area contributed by atoms with Gasteiger partial charge in [0.25, 0.3) is 5.91 Å². The van der Waals surface area contributed by atoms with E-state index in [0.717, 1.165) is 34.0 Å². The maximum absolute atomic E-state index is 13.3. The Kier molecular flexibility index (Phi) is 5.85. The van der Waals surface area contributed by atoms with E-state index in [1.165, 1.54) is 5.56 Å². The minimum atomic E-state index is -0.119. The average molecular weight is 437 g/mol. The molecule has 1 amide bonds. The monoisotopic (exact) mass is 436 g/mol. The quantitative estimate of drug-likeness (QED) is 0.373. The zero-order valence-electron chi connectivity index (χ0n) is 16.9. The largest absolute Gasteiger partial charge is 0.347 e. The highest BCUT2D eigenvalue weighted by Gasteiger charge is 2.22. The number of nitrogens with one attached hydrogen (secondary N) is 1. The van der Waals surface area contributed by atoms with E-state index >= 15 is 0 Å². The van der Waals surface area contributed by atoms with Crippen LogP contribution in [0.15, 0.2) is 66.7 Å². The van der Waals surface area contributed by atoms with Crippen molar-refractivity contribution >= 4 is 40.0 Å². The lowest BCUT2D eigenvalue weighted by molar-refractivity contribution is 0.0944.